The van der Waals surface area contributed by atoms with E-state index in [1.807, 2.05) is 42.7 Å². The molecule has 196 valence electrons. The summed E-state index contributed by atoms with van der Waals surface area (Å²) in [6, 6.07) is 24.4. The molecule has 0 amide bonds. The average Bonchev–Trinajstić information content (AvgIpc) is 3.25. The average molecular weight is 542 g/mol. The van der Waals surface area contributed by atoms with E-state index in [1.54, 1.807) is 24.3 Å². The van der Waals surface area contributed by atoms with Crippen LogP contribution in [0.4, 0.5) is 11.4 Å². The molecule has 1 unspecified atom stereocenters. The number of nitro groups is 2. The Bertz CT molecular complexity index is 1730. The lowest BCUT2D eigenvalue weighted by molar-refractivity contribution is -0.385. The summed E-state index contributed by atoms with van der Waals surface area (Å²) in [6.45, 7) is 0.458. The van der Waals surface area contributed by atoms with Crippen molar-refractivity contribution < 1.29 is 19.7 Å². The highest BCUT2D eigenvalue weighted by Gasteiger charge is 2.25. The van der Waals surface area contributed by atoms with Crippen molar-refractivity contribution >= 4 is 50.9 Å². The molecule has 0 spiro atoms. The molecule has 1 N–H and O–H groups in total. The van der Waals surface area contributed by atoms with E-state index in [-0.39, 0.29) is 17.8 Å². The highest BCUT2D eigenvalue weighted by atomic mass is 32.2. The van der Waals surface area contributed by atoms with Gasteiger partial charge in [-0.2, -0.15) is 0 Å². The predicted octanol–water partition coefficient (Wildman–Crippen LogP) is 6.99. The van der Waals surface area contributed by atoms with Gasteiger partial charge in [0.25, 0.3) is 11.4 Å². The summed E-state index contributed by atoms with van der Waals surface area (Å²) in [5.41, 5.74) is 4.28. The molecular formula is C29H23N3O6S. The fourth-order valence-corrected chi connectivity index (χ4v) is 5.96. The number of aromatic nitrogens is 1. The third-order valence-corrected chi connectivity index (χ3v) is 7.71. The van der Waals surface area contributed by atoms with Crippen LogP contribution in [0.5, 0.6) is 0 Å². The van der Waals surface area contributed by atoms with Crippen molar-refractivity contribution in [2.24, 2.45) is 0 Å². The van der Waals surface area contributed by atoms with E-state index in [2.05, 4.69) is 4.57 Å². The van der Waals surface area contributed by atoms with Crippen molar-refractivity contribution in [1.29, 1.82) is 0 Å². The molecule has 0 aliphatic rings. The number of carboxylic acid groups (broad SMARTS) is 1. The maximum atomic E-state index is 12.0. The highest BCUT2D eigenvalue weighted by Crippen LogP contribution is 2.42. The van der Waals surface area contributed by atoms with Crippen molar-refractivity contribution in [2.75, 3.05) is 6.26 Å². The number of non-ortho nitro benzene ring substituents is 2. The van der Waals surface area contributed by atoms with Gasteiger partial charge >= 0.3 is 5.97 Å². The summed E-state index contributed by atoms with van der Waals surface area (Å²) in [5.74, 6) is -1.50. The van der Waals surface area contributed by atoms with Crippen molar-refractivity contribution in [3.63, 3.8) is 0 Å². The lowest BCUT2D eigenvalue weighted by Crippen LogP contribution is -2.10. The van der Waals surface area contributed by atoms with Gasteiger partial charge in [0.05, 0.1) is 21.8 Å². The number of aliphatic carboxylic acids is 1. The van der Waals surface area contributed by atoms with E-state index in [9.17, 15) is 30.1 Å². The molecule has 0 fully saturated rings. The first kappa shape index (κ1) is 25.9. The Morgan fingerprint density at radius 1 is 0.872 bits per heavy atom. The van der Waals surface area contributed by atoms with Gasteiger partial charge in [-0.15, -0.1) is 11.8 Å². The molecular weight excluding hydrogens is 518 g/mol. The Morgan fingerprint density at radius 2 is 1.49 bits per heavy atom. The predicted molar refractivity (Wildman–Crippen MR) is 151 cm³/mol. The molecule has 0 aliphatic carbocycles. The standard InChI is InChI=1S/C29H23N3O6S/c1-39-29-24(25(16-27(33)34)19-8-12-21(13-9-19)32(37)38)15-14-23-22-4-2-3-5-26(22)30(28(23)29)17-18-6-10-20(11-7-18)31(35)36/h2-15,25H,16-17H2,1H3,(H,33,34). The van der Waals surface area contributed by atoms with Crippen LogP contribution in [0.2, 0.25) is 0 Å². The minimum atomic E-state index is -0.975. The number of benzene rings is 4. The molecule has 0 saturated heterocycles. The van der Waals surface area contributed by atoms with Gasteiger partial charge in [-0.1, -0.05) is 54.6 Å². The van der Waals surface area contributed by atoms with E-state index < -0.39 is 21.7 Å². The second-order valence-electron chi connectivity index (χ2n) is 9.11. The number of hydrogen-bond donors (Lipinski definition) is 1. The van der Waals surface area contributed by atoms with Gasteiger partial charge in [-0.05, 0) is 29.0 Å². The molecule has 1 atom stereocenters. The molecule has 10 heteroatoms. The molecule has 0 aliphatic heterocycles. The largest absolute Gasteiger partial charge is 0.481 e. The highest BCUT2D eigenvalue weighted by molar-refractivity contribution is 7.98. The van der Waals surface area contributed by atoms with E-state index in [0.29, 0.717) is 12.1 Å². The third kappa shape index (κ3) is 4.94. The zero-order valence-corrected chi connectivity index (χ0v) is 21.6. The van der Waals surface area contributed by atoms with Gasteiger partial charge in [-0.25, -0.2) is 0 Å². The Kier molecular flexibility index (Phi) is 7.03. The van der Waals surface area contributed by atoms with Crippen molar-refractivity contribution in [2.45, 2.75) is 23.8 Å². The Labute approximate surface area is 227 Å². The van der Waals surface area contributed by atoms with E-state index in [4.69, 9.17) is 0 Å². The smallest absolute Gasteiger partial charge is 0.304 e. The van der Waals surface area contributed by atoms with Crippen molar-refractivity contribution in [3.8, 4) is 0 Å². The fourth-order valence-electron chi connectivity index (χ4n) is 5.10. The molecule has 5 rings (SSSR count). The van der Waals surface area contributed by atoms with Crippen LogP contribution in [0, 0.1) is 20.2 Å². The fraction of sp³-hybridized carbons (Fsp3) is 0.138. The van der Waals surface area contributed by atoms with E-state index in [1.165, 1.54) is 36.0 Å². The minimum Gasteiger partial charge on any atom is -0.481 e. The van der Waals surface area contributed by atoms with Crippen LogP contribution in [0.1, 0.15) is 29.0 Å². The van der Waals surface area contributed by atoms with Gasteiger partial charge < -0.3 is 9.67 Å². The van der Waals surface area contributed by atoms with Crippen LogP contribution in [-0.2, 0) is 11.3 Å². The number of carbonyl (C=O) groups is 1. The summed E-state index contributed by atoms with van der Waals surface area (Å²) >= 11 is 1.52. The third-order valence-electron chi connectivity index (χ3n) is 6.87. The van der Waals surface area contributed by atoms with E-state index in [0.717, 1.165) is 37.8 Å². The number of fused-ring (bicyclic) bond motifs is 3. The maximum absolute atomic E-state index is 12.0. The Hall–Kier alpha value is -4.70. The van der Waals surface area contributed by atoms with Gasteiger partial charge in [0.1, 0.15) is 0 Å². The van der Waals surface area contributed by atoms with Crippen molar-refractivity contribution in [1.82, 2.24) is 4.57 Å². The number of para-hydroxylation sites is 1. The first-order valence-electron chi connectivity index (χ1n) is 12.1. The molecule has 1 heterocycles. The van der Waals surface area contributed by atoms with Crippen molar-refractivity contribution in [3.05, 3.63) is 122 Å². The lowest BCUT2D eigenvalue weighted by atomic mass is 9.87. The van der Waals surface area contributed by atoms with Gasteiger partial charge in [0, 0.05) is 57.9 Å². The monoisotopic (exact) mass is 541 g/mol. The van der Waals surface area contributed by atoms with Crippen LogP contribution in [0.3, 0.4) is 0 Å². The number of rotatable bonds is 9. The summed E-state index contributed by atoms with van der Waals surface area (Å²) < 4.78 is 2.16. The molecule has 4 aromatic carbocycles. The SMILES string of the molecule is CSc1c(C(CC(=O)O)c2ccc([N+](=O)[O-])cc2)ccc2c3ccccc3n(Cc3ccc([N+](=O)[O-])cc3)c12. The van der Waals surface area contributed by atoms with Crippen LogP contribution < -0.4 is 0 Å². The summed E-state index contributed by atoms with van der Waals surface area (Å²) in [4.78, 5) is 34.3. The first-order valence-corrected chi connectivity index (χ1v) is 13.3. The second kappa shape index (κ2) is 10.6. The molecule has 39 heavy (non-hydrogen) atoms. The quantitative estimate of drug-likeness (QED) is 0.121. The molecule has 0 radical (unpaired) electrons. The van der Waals surface area contributed by atoms with Crippen LogP contribution in [0.25, 0.3) is 21.8 Å². The number of nitro benzene ring substituents is 2. The number of hydrogen-bond acceptors (Lipinski definition) is 6. The maximum Gasteiger partial charge on any atom is 0.304 e. The van der Waals surface area contributed by atoms with E-state index >= 15 is 0 Å². The van der Waals surface area contributed by atoms with Crippen LogP contribution in [0.15, 0.2) is 89.8 Å². The summed E-state index contributed by atoms with van der Waals surface area (Å²) in [7, 11) is 0. The summed E-state index contributed by atoms with van der Waals surface area (Å²) in [5, 5.41) is 34.1. The molecule has 0 saturated carbocycles. The molecule has 1 aromatic heterocycles. The first-order chi connectivity index (χ1) is 18.8. The van der Waals surface area contributed by atoms with Gasteiger partial charge in [0.2, 0.25) is 0 Å². The topological polar surface area (TPSA) is 129 Å². The molecule has 5 aromatic rings. The van der Waals surface area contributed by atoms with Gasteiger partial charge in [-0.3, -0.25) is 25.0 Å². The van der Waals surface area contributed by atoms with Crippen LogP contribution >= 0.6 is 11.8 Å². The normalized spacial score (nSPS) is 12.0. The second-order valence-corrected chi connectivity index (χ2v) is 9.93. The number of nitrogens with zero attached hydrogens (tertiary/aromatic N) is 3. The zero-order valence-electron chi connectivity index (χ0n) is 20.8. The number of thioether (sulfide) groups is 1. The Balaban J connectivity index is 1.72. The van der Waals surface area contributed by atoms with Gasteiger partial charge in [0.15, 0.2) is 0 Å². The lowest BCUT2D eigenvalue weighted by Gasteiger charge is -2.21. The summed E-state index contributed by atoms with van der Waals surface area (Å²) in [6.07, 6.45) is 1.76. The van der Waals surface area contributed by atoms with Crippen LogP contribution in [-0.4, -0.2) is 31.7 Å². The number of carboxylic acids is 1. The molecule has 9 nitrogen and oxygen atoms in total. The zero-order chi connectivity index (χ0) is 27.7. The molecule has 0 bridgehead atoms. The minimum absolute atomic E-state index is 0.0210. The Morgan fingerprint density at radius 3 is 2.08 bits per heavy atom.